The predicted molar refractivity (Wildman–Crippen MR) is 80.6 cm³/mol. The maximum Gasteiger partial charge on any atom is 0.273 e. The molecule has 0 aliphatic carbocycles. The number of nitrogens with one attached hydrogen (secondary N) is 1. The van der Waals surface area contributed by atoms with Crippen molar-refractivity contribution >= 4 is 21.6 Å². The zero-order valence-corrected chi connectivity index (χ0v) is 12.8. The summed E-state index contributed by atoms with van der Waals surface area (Å²) >= 11 is 3.39. The standard InChI is InChI=1S/C14H18BrN3O2/c15-12-1-2-14(18(19)20)11(7-12)8-16-13-9-17-5-3-10(13)4-6-17/h1-2,7,10,13,16H,3-6,8-9H2. The van der Waals surface area contributed by atoms with Gasteiger partial charge in [-0.1, -0.05) is 15.9 Å². The molecule has 108 valence electrons. The molecule has 5 nitrogen and oxygen atoms in total. The van der Waals surface area contributed by atoms with Crippen molar-refractivity contribution in [2.75, 3.05) is 19.6 Å². The minimum atomic E-state index is -0.306. The Hall–Kier alpha value is -0.980. The Kier molecular flexibility index (Phi) is 4.05. The summed E-state index contributed by atoms with van der Waals surface area (Å²) in [7, 11) is 0. The number of nitro groups is 1. The van der Waals surface area contributed by atoms with E-state index < -0.39 is 0 Å². The zero-order chi connectivity index (χ0) is 14.1. The first-order valence-corrected chi connectivity index (χ1v) is 7.81. The van der Waals surface area contributed by atoms with Gasteiger partial charge < -0.3 is 10.2 Å². The summed E-state index contributed by atoms with van der Waals surface area (Å²) in [6, 6.07) is 5.59. The molecule has 0 aromatic heterocycles. The van der Waals surface area contributed by atoms with E-state index in [1.54, 1.807) is 12.1 Å². The maximum atomic E-state index is 11.1. The van der Waals surface area contributed by atoms with E-state index in [1.165, 1.54) is 25.9 Å². The molecular weight excluding hydrogens is 322 g/mol. The van der Waals surface area contributed by atoms with Crippen molar-refractivity contribution in [1.29, 1.82) is 0 Å². The molecule has 1 unspecified atom stereocenters. The third kappa shape index (κ3) is 2.87. The van der Waals surface area contributed by atoms with Gasteiger partial charge in [0.25, 0.3) is 5.69 Å². The number of nitro benzene ring substituents is 1. The first kappa shape index (κ1) is 14.0. The molecule has 0 radical (unpaired) electrons. The predicted octanol–water partition coefficient (Wildman–Crippen LogP) is 2.54. The number of hydrogen-bond donors (Lipinski definition) is 1. The molecule has 1 atom stereocenters. The Bertz CT molecular complexity index is 515. The molecule has 1 N–H and O–H groups in total. The van der Waals surface area contributed by atoms with Crippen LogP contribution in [-0.4, -0.2) is 35.5 Å². The smallest absolute Gasteiger partial charge is 0.273 e. The SMILES string of the molecule is O=[N+]([O-])c1ccc(Br)cc1CNC1CN2CCC1CC2. The fourth-order valence-electron chi connectivity index (χ4n) is 3.31. The van der Waals surface area contributed by atoms with Gasteiger partial charge >= 0.3 is 0 Å². The van der Waals surface area contributed by atoms with Crippen LogP contribution in [0.3, 0.4) is 0 Å². The average molecular weight is 340 g/mol. The van der Waals surface area contributed by atoms with Crippen LogP contribution >= 0.6 is 15.9 Å². The quantitative estimate of drug-likeness (QED) is 0.676. The summed E-state index contributed by atoms with van der Waals surface area (Å²) in [4.78, 5) is 13.2. The third-order valence-corrected chi connectivity index (χ3v) is 4.94. The molecule has 3 aliphatic heterocycles. The van der Waals surface area contributed by atoms with E-state index in [0.717, 1.165) is 22.5 Å². The van der Waals surface area contributed by atoms with Gasteiger partial charge in [-0.3, -0.25) is 10.1 Å². The van der Waals surface area contributed by atoms with Crippen molar-refractivity contribution < 1.29 is 4.92 Å². The molecular formula is C14H18BrN3O2. The molecule has 0 amide bonds. The summed E-state index contributed by atoms with van der Waals surface area (Å²) in [5.74, 6) is 0.728. The first-order chi connectivity index (χ1) is 9.63. The minimum Gasteiger partial charge on any atom is -0.308 e. The molecule has 3 fully saturated rings. The van der Waals surface area contributed by atoms with Crippen molar-refractivity contribution in [2.24, 2.45) is 5.92 Å². The number of benzene rings is 1. The summed E-state index contributed by atoms with van der Waals surface area (Å²) in [6.07, 6.45) is 2.50. The molecule has 3 heterocycles. The van der Waals surface area contributed by atoms with Gasteiger partial charge in [-0.2, -0.15) is 0 Å². The lowest BCUT2D eigenvalue weighted by Gasteiger charge is -2.45. The lowest BCUT2D eigenvalue weighted by Crippen LogP contribution is -2.55. The van der Waals surface area contributed by atoms with Crippen LogP contribution in [0.5, 0.6) is 0 Å². The number of nitrogens with zero attached hydrogens (tertiary/aromatic N) is 2. The van der Waals surface area contributed by atoms with E-state index in [2.05, 4.69) is 26.1 Å². The van der Waals surface area contributed by atoms with Gasteiger partial charge in [0, 0.05) is 35.2 Å². The molecule has 0 spiro atoms. The Morgan fingerprint density at radius 2 is 2.15 bits per heavy atom. The Morgan fingerprint density at radius 1 is 1.40 bits per heavy atom. The van der Waals surface area contributed by atoms with Crippen molar-refractivity contribution in [1.82, 2.24) is 10.2 Å². The highest BCUT2D eigenvalue weighted by Gasteiger charge is 2.33. The second-order valence-corrected chi connectivity index (χ2v) is 6.57. The lowest BCUT2D eigenvalue weighted by atomic mass is 9.84. The highest BCUT2D eigenvalue weighted by Crippen LogP contribution is 2.28. The third-order valence-electron chi connectivity index (χ3n) is 4.45. The number of piperidine rings is 3. The van der Waals surface area contributed by atoms with Gasteiger partial charge in [0.15, 0.2) is 0 Å². The first-order valence-electron chi connectivity index (χ1n) is 7.02. The summed E-state index contributed by atoms with van der Waals surface area (Å²) in [5, 5.41) is 14.6. The molecule has 1 aromatic carbocycles. The van der Waals surface area contributed by atoms with E-state index in [1.807, 2.05) is 6.07 Å². The molecule has 20 heavy (non-hydrogen) atoms. The molecule has 4 rings (SSSR count). The topological polar surface area (TPSA) is 58.4 Å². The van der Waals surface area contributed by atoms with Crippen molar-refractivity contribution in [3.05, 3.63) is 38.3 Å². The largest absolute Gasteiger partial charge is 0.308 e. The van der Waals surface area contributed by atoms with E-state index in [0.29, 0.717) is 12.6 Å². The van der Waals surface area contributed by atoms with Gasteiger partial charge in [0.2, 0.25) is 0 Å². The van der Waals surface area contributed by atoms with Crippen LogP contribution < -0.4 is 5.32 Å². The summed E-state index contributed by atoms with van der Waals surface area (Å²) in [5.41, 5.74) is 0.947. The van der Waals surface area contributed by atoms with Gasteiger partial charge in [-0.15, -0.1) is 0 Å². The lowest BCUT2D eigenvalue weighted by molar-refractivity contribution is -0.385. The van der Waals surface area contributed by atoms with Crippen LogP contribution in [0.2, 0.25) is 0 Å². The minimum absolute atomic E-state index is 0.196. The highest BCUT2D eigenvalue weighted by molar-refractivity contribution is 9.10. The molecule has 3 aliphatic rings. The van der Waals surface area contributed by atoms with Crippen LogP contribution in [0.25, 0.3) is 0 Å². The van der Waals surface area contributed by atoms with Crippen molar-refractivity contribution in [2.45, 2.75) is 25.4 Å². The monoisotopic (exact) mass is 339 g/mol. The maximum absolute atomic E-state index is 11.1. The van der Waals surface area contributed by atoms with Crippen molar-refractivity contribution in [3.8, 4) is 0 Å². The van der Waals surface area contributed by atoms with E-state index in [-0.39, 0.29) is 10.6 Å². The molecule has 0 saturated carbocycles. The van der Waals surface area contributed by atoms with Crippen LogP contribution in [0.15, 0.2) is 22.7 Å². The van der Waals surface area contributed by atoms with E-state index in [9.17, 15) is 10.1 Å². The van der Waals surface area contributed by atoms with Gasteiger partial charge in [-0.05, 0) is 44.0 Å². The zero-order valence-electron chi connectivity index (χ0n) is 11.2. The van der Waals surface area contributed by atoms with Crippen LogP contribution in [0, 0.1) is 16.0 Å². The summed E-state index contributed by atoms with van der Waals surface area (Å²) < 4.78 is 0.883. The second kappa shape index (κ2) is 5.79. The van der Waals surface area contributed by atoms with E-state index >= 15 is 0 Å². The van der Waals surface area contributed by atoms with Crippen LogP contribution in [-0.2, 0) is 6.54 Å². The number of hydrogen-bond acceptors (Lipinski definition) is 4. The molecule has 6 heteroatoms. The fraction of sp³-hybridized carbons (Fsp3) is 0.571. The Labute approximate surface area is 126 Å². The average Bonchev–Trinajstić information content (AvgIpc) is 2.46. The fourth-order valence-corrected chi connectivity index (χ4v) is 3.72. The van der Waals surface area contributed by atoms with Crippen LogP contribution in [0.1, 0.15) is 18.4 Å². The summed E-state index contributed by atoms with van der Waals surface area (Å²) in [6.45, 7) is 4.05. The highest BCUT2D eigenvalue weighted by atomic mass is 79.9. The van der Waals surface area contributed by atoms with Gasteiger partial charge in [-0.25, -0.2) is 0 Å². The molecule has 3 saturated heterocycles. The Balaban J connectivity index is 1.69. The van der Waals surface area contributed by atoms with E-state index in [4.69, 9.17) is 0 Å². The van der Waals surface area contributed by atoms with Gasteiger partial charge in [0.1, 0.15) is 0 Å². The second-order valence-electron chi connectivity index (χ2n) is 5.66. The number of halogens is 1. The number of rotatable bonds is 4. The van der Waals surface area contributed by atoms with Crippen molar-refractivity contribution in [3.63, 3.8) is 0 Å². The Morgan fingerprint density at radius 3 is 2.75 bits per heavy atom. The molecule has 1 aromatic rings. The number of fused-ring (bicyclic) bond motifs is 3. The molecule has 2 bridgehead atoms. The normalized spacial score (nSPS) is 28.6. The van der Waals surface area contributed by atoms with Gasteiger partial charge in [0.05, 0.1) is 4.92 Å². The van der Waals surface area contributed by atoms with Crippen LogP contribution in [0.4, 0.5) is 5.69 Å².